The van der Waals surface area contributed by atoms with Gasteiger partial charge in [-0.2, -0.15) is 0 Å². The van der Waals surface area contributed by atoms with E-state index in [0.717, 1.165) is 25.8 Å². The molecular formula is C22H28FN3O. The average Bonchev–Trinajstić information content (AvgIpc) is 3.46. The molecule has 2 aromatic rings. The predicted octanol–water partition coefficient (Wildman–Crippen LogP) is 3.67. The number of benzene rings is 2. The molecule has 2 amide bonds. The second-order valence-electron chi connectivity index (χ2n) is 7.55. The summed E-state index contributed by atoms with van der Waals surface area (Å²) in [6.45, 7) is 1.06. The molecule has 3 rings (SSSR count). The number of rotatable bonds is 8. The molecule has 0 bridgehead atoms. The Kier molecular flexibility index (Phi) is 6.45. The van der Waals surface area contributed by atoms with Gasteiger partial charge in [0.1, 0.15) is 5.82 Å². The van der Waals surface area contributed by atoms with E-state index in [1.165, 1.54) is 11.6 Å². The van der Waals surface area contributed by atoms with Crippen molar-refractivity contribution in [2.45, 2.75) is 37.9 Å². The third-order valence-electron chi connectivity index (χ3n) is 4.79. The van der Waals surface area contributed by atoms with E-state index in [1.54, 1.807) is 17.0 Å². The van der Waals surface area contributed by atoms with E-state index in [9.17, 15) is 9.18 Å². The van der Waals surface area contributed by atoms with Crippen LogP contribution in [0, 0.1) is 5.82 Å². The van der Waals surface area contributed by atoms with E-state index in [1.807, 2.05) is 38.4 Å². The summed E-state index contributed by atoms with van der Waals surface area (Å²) in [5.41, 5.74) is 1.75. The molecule has 1 aliphatic carbocycles. The molecule has 2 aromatic carbocycles. The topological polar surface area (TPSA) is 35.6 Å². The van der Waals surface area contributed by atoms with E-state index in [0.29, 0.717) is 12.1 Å². The summed E-state index contributed by atoms with van der Waals surface area (Å²) < 4.78 is 14.1. The fourth-order valence-electron chi connectivity index (χ4n) is 3.32. The monoisotopic (exact) mass is 369 g/mol. The molecule has 0 spiro atoms. The number of carbonyl (C=O) groups is 1. The first-order chi connectivity index (χ1) is 13.0. The summed E-state index contributed by atoms with van der Waals surface area (Å²) in [5, 5.41) is 3.18. The maximum atomic E-state index is 14.1. The molecule has 27 heavy (non-hydrogen) atoms. The minimum absolute atomic E-state index is 0.00299. The van der Waals surface area contributed by atoms with Crippen LogP contribution in [0.5, 0.6) is 0 Å². The van der Waals surface area contributed by atoms with Crippen molar-refractivity contribution in [3.8, 4) is 0 Å². The first-order valence-corrected chi connectivity index (χ1v) is 9.52. The van der Waals surface area contributed by atoms with Gasteiger partial charge in [0, 0.05) is 24.2 Å². The Morgan fingerprint density at radius 3 is 2.41 bits per heavy atom. The summed E-state index contributed by atoms with van der Waals surface area (Å²) in [5.74, 6) is -0.259. The Morgan fingerprint density at radius 2 is 1.78 bits per heavy atom. The molecule has 0 radical (unpaired) electrons. The molecule has 1 aliphatic rings. The lowest BCUT2D eigenvalue weighted by atomic mass is 10.1. The predicted molar refractivity (Wildman–Crippen MR) is 106 cm³/mol. The normalized spacial score (nSPS) is 14.8. The molecule has 0 saturated heterocycles. The van der Waals surface area contributed by atoms with Crippen molar-refractivity contribution >= 4 is 6.03 Å². The van der Waals surface area contributed by atoms with Gasteiger partial charge < -0.3 is 15.1 Å². The summed E-state index contributed by atoms with van der Waals surface area (Å²) >= 11 is 0. The van der Waals surface area contributed by atoms with E-state index >= 15 is 0 Å². The van der Waals surface area contributed by atoms with E-state index in [-0.39, 0.29) is 23.9 Å². The standard InChI is InChI=1S/C22H28FN3O/c1-25(2)16-19(14-17-8-4-3-5-9-17)24-22(27)26(20-12-13-20)15-18-10-6-7-11-21(18)23/h3-11,19-20H,12-16H2,1-2H3,(H,24,27). The second-order valence-corrected chi connectivity index (χ2v) is 7.55. The zero-order chi connectivity index (χ0) is 19.2. The van der Waals surface area contributed by atoms with Crippen LogP contribution < -0.4 is 5.32 Å². The molecule has 1 unspecified atom stereocenters. The number of urea groups is 1. The highest BCUT2D eigenvalue weighted by Crippen LogP contribution is 2.29. The van der Waals surface area contributed by atoms with Gasteiger partial charge >= 0.3 is 6.03 Å². The molecule has 4 nitrogen and oxygen atoms in total. The molecule has 5 heteroatoms. The number of halogens is 1. The van der Waals surface area contributed by atoms with Crippen molar-refractivity contribution < 1.29 is 9.18 Å². The number of hydrogen-bond acceptors (Lipinski definition) is 2. The summed E-state index contributed by atoms with van der Waals surface area (Å²) in [6.07, 6.45) is 2.74. The quantitative estimate of drug-likeness (QED) is 0.771. The number of hydrogen-bond donors (Lipinski definition) is 1. The van der Waals surface area contributed by atoms with Crippen molar-refractivity contribution in [1.29, 1.82) is 0 Å². The van der Waals surface area contributed by atoms with Crippen LogP contribution in [0.15, 0.2) is 54.6 Å². The fraction of sp³-hybridized carbons (Fsp3) is 0.409. The molecule has 1 N–H and O–H groups in total. The van der Waals surface area contributed by atoms with Gasteiger partial charge in [0.05, 0.1) is 6.54 Å². The highest BCUT2D eigenvalue weighted by Gasteiger charge is 2.33. The third kappa shape index (κ3) is 5.79. The average molecular weight is 369 g/mol. The number of amides is 2. The van der Waals surface area contributed by atoms with Crippen LogP contribution in [-0.4, -0.2) is 48.6 Å². The number of carbonyl (C=O) groups excluding carboxylic acids is 1. The second kappa shape index (κ2) is 9.00. The highest BCUT2D eigenvalue weighted by atomic mass is 19.1. The SMILES string of the molecule is CN(C)CC(Cc1ccccc1)NC(=O)N(Cc1ccccc1F)C1CC1. The largest absolute Gasteiger partial charge is 0.334 e. The number of nitrogens with zero attached hydrogens (tertiary/aromatic N) is 2. The van der Waals surface area contributed by atoms with Gasteiger partial charge in [0.15, 0.2) is 0 Å². The van der Waals surface area contributed by atoms with Crippen LogP contribution in [0.4, 0.5) is 9.18 Å². The minimum Gasteiger partial charge on any atom is -0.334 e. The third-order valence-corrected chi connectivity index (χ3v) is 4.79. The lowest BCUT2D eigenvalue weighted by Crippen LogP contribution is -2.49. The molecular weight excluding hydrogens is 341 g/mol. The highest BCUT2D eigenvalue weighted by molar-refractivity contribution is 5.75. The van der Waals surface area contributed by atoms with E-state index < -0.39 is 0 Å². The Morgan fingerprint density at radius 1 is 1.11 bits per heavy atom. The van der Waals surface area contributed by atoms with Crippen molar-refractivity contribution in [2.24, 2.45) is 0 Å². The molecule has 144 valence electrons. The molecule has 1 atom stereocenters. The Balaban J connectivity index is 1.69. The molecule has 0 heterocycles. The maximum absolute atomic E-state index is 14.1. The van der Waals surface area contributed by atoms with Crippen LogP contribution in [0.2, 0.25) is 0 Å². The van der Waals surface area contributed by atoms with Crippen molar-refractivity contribution in [3.05, 3.63) is 71.5 Å². The van der Waals surface area contributed by atoms with Crippen LogP contribution in [0.3, 0.4) is 0 Å². The molecule has 1 fully saturated rings. The summed E-state index contributed by atoms with van der Waals surface area (Å²) in [6, 6.07) is 16.9. The van der Waals surface area contributed by atoms with Crippen molar-refractivity contribution in [2.75, 3.05) is 20.6 Å². The van der Waals surface area contributed by atoms with Gasteiger partial charge in [-0.1, -0.05) is 48.5 Å². The van der Waals surface area contributed by atoms with Gasteiger partial charge in [-0.05, 0) is 45.0 Å². The van der Waals surface area contributed by atoms with Crippen molar-refractivity contribution in [1.82, 2.24) is 15.1 Å². The Bertz CT molecular complexity index is 746. The zero-order valence-electron chi connectivity index (χ0n) is 16.1. The van der Waals surface area contributed by atoms with Crippen LogP contribution in [0.1, 0.15) is 24.0 Å². The smallest absolute Gasteiger partial charge is 0.318 e. The van der Waals surface area contributed by atoms with E-state index in [2.05, 4.69) is 22.3 Å². The lowest BCUT2D eigenvalue weighted by molar-refractivity contribution is 0.184. The van der Waals surface area contributed by atoms with Crippen LogP contribution in [0.25, 0.3) is 0 Å². The summed E-state index contributed by atoms with van der Waals surface area (Å²) in [4.78, 5) is 16.9. The number of likely N-dealkylation sites (N-methyl/N-ethyl adjacent to an activating group) is 1. The molecule has 1 saturated carbocycles. The summed E-state index contributed by atoms with van der Waals surface area (Å²) in [7, 11) is 4.00. The van der Waals surface area contributed by atoms with Crippen LogP contribution >= 0.6 is 0 Å². The molecule has 0 aromatic heterocycles. The zero-order valence-corrected chi connectivity index (χ0v) is 16.1. The fourth-order valence-corrected chi connectivity index (χ4v) is 3.32. The van der Waals surface area contributed by atoms with Gasteiger partial charge in [-0.3, -0.25) is 0 Å². The van der Waals surface area contributed by atoms with Crippen molar-refractivity contribution in [3.63, 3.8) is 0 Å². The first-order valence-electron chi connectivity index (χ1n) is 9.52. The number of nitrogens with one attached hydrogen (secondary N) is 1. The lowest BCUT2D eigenvalue weighted by Gasteiger charge is -2.28. The maximum Gasteiger partial charge on any atom is 0.318 e. The van der Waals surface area contributed by atoms with Gasteiger partial charge in [0.25, 0.3) is 0 Å². The Hall–Kier alpha value is -2.40. The first kappa shape index (κ1) is 19.4. The Labute approximate surface area is 161 Å². The minimum atomic E-state index is -0.259. The van der Waals surface area contributed by atoms with E-state index in [4.69, 9.17) is 0 Å². The van der Waals surface area contributed by atoms with Gasteiger partial charge in [-0.25, -0.2) is 9.18 Å². The molecule has 0 aliphatic heterocycles. The van der Waals surface area contributed by atoms with Gasteiger partial charge in [-0.15, -0.1) is 0 Å². The van der Waals surface area contributed by atoms with Gasteiger partial charge in [0.2, 0.25) is 0 Å². The van der Waals surface area contributed by atoms with Crippen LogP contribution in [-0.2, 0) is 13.0 Å².